The summed E-state index contributed by atoms with van der Waals surface area (Å²) in [7, 11) is 0. The van der Waals surface area contributed by atoms with E-state index in [-0.39, 0.29) is 24.9 Å². The number of hydrogen-bond donors (Lipinski definition) is 2. The van der Waals surface area contributed by atoms with E-state index in [1.54, 1.807) is 41.6 Å². The fraction of sp³-hybridized carbons (Fsp3) is 0.368. The Labute approximate surface area is 168 Å². The Balaban J connectivity index is 1.39. The monoisotopic (exact) mass is 402 g/mol. The smallest absolute Gasteiger partial charge is 0.317 e. The first kappa shape index (κ1) is 19.9. The van der Waals surface area contributed by atoms with Gasteiger partial charge in [0, 0.05) is 62.2 Å². The Hall–Kier alpha value is -2.87. The Kier molecular flexibility index (Phi) is 6.65. The highest BCUT2D eigenvalue weighted by Gasteiger charge is 2.22. The van der Waals surface area contributed by atoms with Crippen molar-refractivity contribution in [2.24, 2.45) is 0 Å². The number of nitrogens with one attached hydrogen (secondary N) is 2. The van der Waals surface area contributed by atoms with Gasteiger partial charge in [0.2, 0.25) is 11.9 Å². The van der Waals surface area contributed by atoms with Crippen LogP contribution in [-0.4, -0.2) is 59.5 Å². The van der Waals surface area contributed by atoms with Gasteiger partial charge in [0.05, 0.1) is 0 Å². The van der Waals surface area contributed by atoms with Gasteiger partial charge in [-0.3, -0.25) is 4.79 Å². The first-order chi connectivity index (χ1) is 13.5. The molecule has 9 heteroatoms. The molecular weight excluding hydrogens is 380 g/mol. The molecule has 2 aromatic rings. The Morgan fingerprint density at radius 2 is 1.82 bits per heavy atom. The second kappa shape index (κ2) is 9.36. The summed E-state index contributed by atoms with van der Waals surface area (Å²) in [4.78, 5) is 36.6. The molecule has 3 amide bonds. The molecule has 0 radical (unpaired) electrons. The van der Waals surface area contributed by atoms with Gasteiger partial charge in [0.25, 0.3) is 0 Å². The molecule has 0 atom stereocenters. The van der Waals surface area contributed by atoms with Crippen LogP contribution in [-0.2, 0) is 4.79 Å². The average molecular weight is 403 g/mol. The number of amides is 3. The second-order valence-electron chi connectivity index (χ2n) is 6.47. The third-order valence-corrected chi connectivity index (χ3v) is 4.98. The molecule has 1 aliphatic rings. The number of urea groups is 1. The molecule has 0 spiro atoms. The number of halogens is 1. The summed E-state index contributed by atoms with van der Waals surface area (Å²) in [6.45, 7) is 4.63. The lowest BCUT2D eigenvalue weighted by atomic mass is 10.2. The maximum Gasteiger partial charge on any atom is 0.317 e. The topological polar surface area (TPSA) is 90.5 Å². The second-order valence-corrected chi connectivity index (χ2v) is 6.87. The predicted molar refractivity (Wildman–Crippen MR) is 109 cm³/mol. The van der Waals surface area contributed by atoms with Crippen LogP contribution in [0.1, 0.15) is 12.0 Å². The van der Waals surface area contributed by atoms with Crippen LogP contribution in [0.3, 0.4) is 0 Å². The van der Waals surface area contributed by atoms with Crippen molar-refractivity contribution in [1.29, 1.82) is 0 Å². The maximum atomic E-state index is 12.3. The molecule has 8 nitrogen and oxygen atoms in total. The van der Waals surface area contributed by atoms with Crippen molar-refractivity contribution >= 4 is 35.2 Å². The molecule has 1 saturated heterocycles. The molecule has 0 aliphatic carbocycles. The van der Waals surface area contributed by atoms with Crippen molar-refractivity contribution in [2.45, 2.75) is 13.3 Å². The molecule has 1 aromatic heterocycles. The molecule has 2 N–H and O–H groups in total. The van der Waals surface area contributed by atoms with Gasteiger partial charge in [-0.25, -0.2) is 14.8 Å². The van der Waals surface area contributed by atoms with Crippen molar-refractivity contribution in [3.63, 3.8) is 0 Å². The van der Waals surface area contributed by atoms with Crippen LogP contribution in [0.2, 0.25) is 5.02 Å². The number of hydrogen-bond acceptors (Lipinski definition) is 5. The van der Waals surface area contributed by atoms with Crippen molar-refractivity contribution in [3.05, 3.63) is 47.2 Å². The van der Waals surface area contributed by atoms with Gasteiger partial charge in [0.1, 0.15) is 0 Å². The molecule has 148 valence electrons. The van der Waals surface area contributed by atoms with Gasteiger partial charge in [-0.15, -0.1) is 0 Å². The minimum Gasteiger partial charge on any atom is -0.337 e. The lowest BCUT2D eigenvalue weighted by Crippen LogP contribution is -2.52. The maximum absolute atomic E-state index is 12.3. The third kappa shape index (κ3) is 5.10. The van der Waals surface area contributed by atoms with E-state index in [1.165, 1.54) is 0 Å². The Bertz CT molecular complexity index is 824. The van der Waals surface area contributed by atoms with Gasteiger partial charge in [-0.1, -0.05) is 17.7 Å². The molecule has 1 aromatic carbocycles. The highest BCUT2D eigenvalue weighted by Crippen LogP contribution is 2.22. The number of rotatable bonds is 5. The van der Waals surface area contributed by atoms with E-state index in [2.05, 4.69) is 20.6 Å². The number of anilines is 2. The summed E-state index contributed by atoms with van der Waals surface area (Å²) in [5.74, 6) is 0.507. The molecule has 2 heterocycles. The standard InChI is InChI=1S/C19H23ClN6O2/c1-14-15(20)4-2-5-16(14)24-17(27)6-9-23-19(28)26-12-10-25(11-13-26)18-21-7-3-8-22-18/h2-5,7-8H,6,9-13H2,1H3,(H,23,28)(H,24,27). The zero-order valence-electron chi connectivity index (χ0n) is 15.7. The molecule has 0 unspecified atom stereocenters. The number of carbonyl (C=O) groups excluding carboxylic acids is 2. The van der Waals surface area contributed by atoms with Gasteiger partial charge in [0.15, 0.2) is 0 Å². The molecule has 28 heavy (non-hydrogen) atoms. The van der Waals surface area contributed by atoms with E-state index in [4.69, 9.17) is 11.6 Å². The van der Waals surface area contributed by atoms with Crippen LogP contribution in [0.15, 0.2) is 36.7 Å². The van der Waals surface area contributed by atoms with Gasteiger partial charge in [-0.05, 0) is 30.7 Å². The van der Waals surface area contributed by atoms with E-state index in [9.17, 15) is 9.59 Å². The zero-order chi connectivity index (χ0) is 19.9. The van der Waals surface area contributed by atoms with E-state index in [1.807, 2.05) is 11.8 Å². The van der Waals surface area contributed by atoms with Crippen LogP contribution in [0, 0.1) is 6.92 Å². The van der Waals surface area contributed by atoms with Crippen LogP contribution in [0.4, 0.5) is 16.4 Å². The van der Waals surface area contributed by atoms with E-state index in [0.29, 0.717) is 42.8 Å². The first-order valence-electron chi connectivity index (χ1n) is 9.14. The summed E-state index contributed by atoms with van der Waals surface area (Å²) in [5.41, 5.74) is 1.50. The summed E-state index contributed by atoms with van der Waals surface area (Å²) >= 11 is 6.05. The molecule has 3 rings (SSSR count). The van der Waals surface area contributed by atoms with Crippen LogP contribution < -0.4 is 15.5 Å². The minimum atomic E-state index is -0.170. The lowest BCUT2D eigenvalue weighted by Gasteiger charge is -2.34. The number of piperazine rings is 1. The van der Waals surface area contributed by atoms with Crippen LogP contribution in [0.25, 0.3) is 0 Å². The fourth-order valence-electron chi connectivity index (χ4n) is 2.91. The number of benzene rings is 1. The van der Waals surface area contributed by atoms with Crippen LogP contribution >= 0.6 is 11.6 Å². The highest BCUT2D eigenvalue weighted by atomic mass is 35.5. The first-order valence-corrected chi connectivity index (χ1v) is 9.52. The summed E-state index contributed by atoms with van der Waals surface area (Å²) < 4.78 is 0. The molecule has 1 fully saturated rings. The summed E-state index contributed by atoms with van der Waals surface area (Å²) in [6.07, 6.45) is 3.60. The predicted octanol–water partition coefficient (Wildman–Crippen LogP) is 2.30. The zero-order valence-corrected chi connectivity index (χ0v) is 16.4. The van der Waals surface area contributed by atoms with E-state index < -0.39 is 0 Å². The Morgan fingerprint density at radius 3 is 2.54 bits per heavy atom. The normalized spacial score (nSPS) is 13.9. The van der Waals surface area contributed by atoms with Crippen molar-refractivity contribution in [2.75, 3.05) is 42.9 Å². The van der Waals surface area contributed by atoms with Gasteiger partial charge >= 0.3 is 6.03 Å². The molecular formula is C19H23ClN6O2. The highest BCUT2D eigenvalue weighted by molar-refractivity contribution is 6.31. The Morgan fingerprint density at radius 1 is 1.11 bits per heavy atom. The van der Waals surface area contributed by atoms with Crippen molar-refractivity contribution < 1.29 is 9.59 Å². The quantitative estimate of drug-likeness (QED) is 0.800. The van der Waals surface area contributed by atoms with E-state index in [0.717, 1.165) is 5.56 Å². The lowest BCUT2D eigenvalue weighted by molar-refractivity contribution is -0.116. The number of aromatic nitrogens is 2. The fourth-order valence-corrected chi connectivity index (χ4v) is 3.09. The number of carbonyl (C=O) groups is 2. The average Bonchev–Trinajstić information content (AvgIpc) is 2.72. The van der Waals surface area contributed by atoms with E-state index >= 15 is 0 Å². The summed E-state index contributed by atoms with van der Waals surface area (Å²) in [5, 5.41) is 6.22. The van der Waals surface area contributed by atoms with Crippen LogP contribution in [0.5, 0.6) is 0 Å². The third-order valence-electron chi connectivity index (χ3n) is 4.57. The minimum absolute atomic E-state index is 0.166. The van der Waals surface area contributed by atoms with Gasteiger partial charge in [-0.2, -0.15) is 0 Å². The largest absolute Gasteiger partial charge is 0.337 e. The SMILES string of the molecule is Cc1c(Cl)cccc1NC(=O)CCNC(=O)N1CCN(c2ncccn2)CC1. The molecule has 0 saturated carbocycles. The van der Waals surface area contributed by atoms with Crippen molar-refractivity contribution in [1.82, 2.24) is 20.2 Å². The van der Waals surface area contributed by atoms with Gasteiger partial charge < -0.3 is 20.4 Å². The molecule has 0 bridgehead atoms. The summed E-state index contributed by atoms with van der Waals surface area (Å²) in [6, 6.07) is 6.97. The molecule has 1 aliphatic heterocycles. The number of nitrogens with zero attached hydrogens (tertiary/aromatic N) is 4. The van der Waals surface area contributed by atoms with Crippen molar-refractivity contribution in [3.8, 4) is 0 Å².